The molecule has 0 heterocycles. The van der Waals surface area contributed by atoms with Crippen LogP contribution in [-0.2, 0) is 4.79 Å². The molecule has 0 atom stereocenters. The monoisotopic (exact) mass is 336 g/mol. The molecule has 0 radical (unpaired) electrons. The molecule has 0 aliphatic carbocycles. The Morgan fingerprint density at radius 2 is 2.11 bits per heavy atom. The Bertz CT molecular complexity index is 364. The van der Waals surface area contributed by atoms with Gasteiger partial charge in [-0.05, 0) is 41.0 Å². The second-order valence-electron chi connectivity index (χ2n) is 3.52. The molecule has 0 unspecified atom stereocenters. The second kappa shape index (κ2) is 10.2. The third-order valence-corrected chi connectivity index (χ3v) is 2.78. The van der Waals surface area contributed by atoms with Crippen molar-refractivity contribution in [2.45, 2.75) is 12.8 Å². The SMILES string of the molecule is Cl.NCCCNC(=O)CCOc1ccccc1Br. The summed E-state index contributed by atoms with van der Waals surface area (Å²) in [4.78, 5) is 11.3. The summed E-state index contributed by atoms with van der Waals surface area (Å²) < 4.78 is 6.37. The third-order valence-electron chi connectivity index (χ3n) is 2.13. The van der Waals surface area contributed by atoms with E-state index < -0.39 is 0 Å². The lowest BCUT2D eigenvalue weighted by Gasteiger charge is -2.08. The Morgan fingerprint density at radius 1 is 1.39 bits per heavy atom. The molecule has 3 N–H and O–H groups in total. The number of para-hydroxylation sites is 1. The van der Waals surface area contributed by atoms with Crippen molar-refractivity contribution < 1.29 is 9.53 Å². The van der Waals surface area contributed by atoms with E-state index >= 15 is 0 Å². The highest BCUT2D eigenvalue weighted by Gasteiger charge is 2.02. The number of amides is 1. The van der Waals surface area contributed by atoms with Crippen LogP contribution in [0, 0.1) is 0 Å². The molecule has 1 aromatic rings. The van der Waals surface area contributed by atoms with Crippen LogP contribution in [0.5, 0.6) is 5.75 Å². The van der Waals surface area contributed by atoms with Gasteiger partial charge in [0, 0.05) is 6.54 Å². The van der Waals surface area contributed by atoms with Gasteiger partial charge in [-0.15, -0.1) is 12.4 Å². The number of hydrogen-bond acceptors (Lipinski definition) is 3. The van der Waals surface area contributed by atoms with E-state index in [-0.39, 0.29) is 18.3 Å². The molecule has 4 nitrogen and oxygen atoms in total. The molecular formula is C12H18BrClN2O2. The van der Waals surface area contributed by atoms with E-state index in [2.05, 4.69) is 21.2 Å². The number of carbonyl (C=O) groups is 1. The minimum absolute atomic E-state index is 0. The van der Waals surface area contributed by atoms with Crippen LogP contribution >= 0.6 is 28.3 Å². The number of benzene rings is 1. The molecule has 1 rings (SSSR count). The van der Waals surface area contributed by atoms with Gasteiger partial charge in [-0.2, -0.15) is 0 Å². The summed E-state index contributed by atoms with van der Waals surface area (Å²) in [5.74, 6) is 0.743. The van der Waals surface area contributed by atoms with Gasteiger partial charge in [0.25, 0.3) is 0 Å². The van der Waals surface area contributed by atoms with Gasteiger partial charge in [-0.25, -0.2) is 0 Å². The molecular weight excluding hydrogens is 320 g/mol. The molecule has 0 spiro atoms. The fourth-order valence-corrected chi connectivity index (χ4v) is 1.63. The van der Waals surface area contributed by atoms with Crippen LogP contribution in [0.2, 0.25) is 0 Å². The molecule has 0 aliphatic rings. The average molecular weight is 338 g/mol. The largest absolute Gasteiger partial charge is 0.492 e. The number of rotatable bonds is 7. The maximum Gasteiger partial charge on any atom is 0.223 e. The summed E-state index contributed by atoms with van der Waals surface area (Å²) in [6, 6.07) is 7.56. The second-order valence-corrected chi connectivity index (χ2v) is 4.38. The van der Waals surface area contributed by atoms with Crippen molar-refractivity contribution in [2.24, 2.45) is 5.73 Å². The highest BCUT2D eigenvalue weighted by Crippen LogP contribution is 2.23. The van der Waals surface area contributed by atoms with Crippen LogP contribution in [0.25, 0.3) is 0 Å². The highest BCUT2D eigenvalue weighted by atomic mass is 79.9. The molecule has 6 heteroatoms. The fourth-order valence-electron chi connectivity index (χ4n) is 1.23. The highest BCUT2D eigenvalue weighted by molar-refractivity contribution is 9.10. The van der Waals surface area contributed by atoms with Gasteiger partial charge in [-0.3, -0.25) is 4.79 Å². The van der Waals surface area contributed by atoms with Crippen molar-refractivity contribution in [1.29, 1.82) is 0 Å². The van der Waals surface area contributed by atoms with Crippen molar-refractivity contribution >= 4 is 34.2 Å². The van der Waals surface area contributed by atoms with E-state index in [1.165, 1.54) is 0 Å². The lowest BCUT2D eigenvalue weighted by Crippen LogP contribution is -2.27. The number of halogens is 2. The van der Waals surface area contributed by atoms with Crippen LogP contribution < -0.4 is 15.8 Å². The van der Waals surface area contributed by atoms with Crippen molar-refractivity contribution in [3.8, 4) is 5.75 Å². The zero-order valence-electron chi connectivity index (χ0n) is 10.0. The third kappa shape index (κ3) is 6.83. The summed E-state index contributed by atoms with van der Waals surface area (Å²) in [5, 5.41) is 2.77. The number of nitrogens with one attached hydrogen (secondary N) is 1. The Balaban J connectivity index is 0.00000289. The first-order valence-electron chi connectivity index (χ1n) is 5.58. The van der Waals surface area contributed by atoms with E-state index in [4.69, 9.17) is 10.5 Å². The lowest BCUT2D eigenvalue weighted by molar-refractivity contribution is -0.121. The van der Waals surface area contributed by atoms with Gasteiger partial charge in [-0.1, -0.05) is 12.1 Å². The Kier molecular flexibility index (Phi) is 9.73. The van der Waals surface area contributed by atoms with Gasteiger partial charge in [0.2, 0.25) is 5.91 Å². The number of ether oxygens (including phenoxy) is 1. The van der Waals surface area contributed by atoms with Crippen LogP contribution in [0.3, 0.4) is 0 Å². The van der Waals surface area contributed by atoms with Gasteiger partial charge >= 0.3 is 0 Å². The minimum Gasteiger partial charge on any atom is -0.492 e. The predicted octanol–water partition coefficient (Wildman–Crippen LogP) is 2.10. The zero-order valence-corrected chi connectivity index (χ0v) is 12.4. The maximum absolute atomic E-state index is 11.3. The quantitative estimate of drug-likeness (QED) is 0.749. The average Bonchev–Trinajstić information content (AvgIpc) is 2.32. The Morgan fingerprint density at radius 3 is 2.78 bits per heavy atom. The molecule has 0 aliphatic heterocycles. The van der Waals surface area contributed by atoms with Crippen molar-refractivity contribution in [2.75, 3.05) is 19.7 Å². The van der Waals surface area contributed by atoms with Gasteiger partial charge in [0.05, 0.1) is 17.5 Å². The van der Waals surface area contributed by atoms with Gasteiger partial charge < -0.3 is 15.8 Å². The van der Waals surface area contributed by atoms with Crippen LogP contribution in [0.4, 0.5) is 0 Å². The minimum atomic E-state index is -0.00879. The summed E-state index contributed by atoms with van der Waals surface area (Å²) in [7, 11) is 0. The number of nitrogens with two attached hydrogens (primary N) is 1. The van der Waals surface area contributed by atoms with Crippen LogP contribution in [-0.4, -0.2) is 25.6 Å². The van der Waals surface area contributed by atoms with Crippen molar-refractivity contribution in [3.05, 3.63) is 28.7 Å². The van der Waals surface area contributed by atoms with E-state index in [1.807, 2.05) is 24.3 Å². The van der Waals surface area contributed by atoms with E-state index in [0.29, 0.717) is 26.1 Å². The molecule has 102 valence electrons. The summed E-state index contributed by atoms with van der Waals surface area (Å²) in [6.07, 6.45) is 1.16. The molecule has 18 heavy (non-hydrogen) atoms. The molecule has 0 saturated heterocycles. The van der Waals surface area contributed by atoms with Crippen molar-refractivity contribution in [3.63, 3.8) is 0 Å². The Labute approximate surface area is 122 Å². The van der Waals surface area contributed by atoms with E-state index in [9.17, 15) is 4.79 Å². The topological polar surface area (TPSA) is 64.3 Å². The molecule has 0 bridgehead atoms. The van der Waals surface area contributed by atoms with E-state index in [1.54, 1.807) is 0 Å². The molecule has 0 fully saturated rings. The first-order valence-corrected chi connectivity index (χ1v) is 6.37. The normalized spacial score (nSPS) is 9.44. The molecule has 0 aromatic heterocycles. The predicted molar refractivity (Wildman–Crippen MR) is 78.2 cm³/mol. The number of carbonyl (C=O) groups excluding carboxylic acids is 1. The Hall–Kier alpha value is -0.780. The number of hydrogen-bond donors (Lipinski definition) is 2. The summed E-state index contributed by atoms with van der Waals surface area (Å²) in [5.41, 5.74) is 5.33. The van der Waals surface area contributed by atoms with Gasteiger partial charge in [0.1, 0.15) is 5.75 Å². The first kappa shape index (κ1) is 17.2. The standard InChI is InChI=1S/C12H17BrN2O2.ClH/c13-10-4-1-2-5-11(10)17-9-6-12(16)15-8-3-7-14;/h1-2,4-5H,3,6-9,14H2,(H,15,16);1H. The summed E-state index contributed by atoms with van der Waals surface area (Å²) >= 11 is 3.38. The lowest BCUT2D eigenvalue weighted by atomic mass is 10.3. The molecule has 1 aromatic carbocycles. The molecule has 1 amide bonds. The van der Waals surface area contributed by atoms with Gasteiger partial charge in [0.15, 0.2) is 0 Å². The fraction of sp³-hybridized carbons (Fsp3) is 0.417. The maximum atomic E-state index is 11.3. The molecule has 0 saturated carbocycles. The van der Waals surface area contributed by atoms with Crippen LogP contribution in [0.15, 0.2) is 28.7 Å². The van der Waals surface area contributed by atoms with Crippen molar-refractivity contribution in [1.82, 2.24) is 5.32 Å². The van der Waals surface area contributed by atoms with E-state index in [0.717, 1.165) is 16.6 Å². The summed E-state index contributed by atoms with van der Waals surface area (Å²) in [6.45, 7) is 1.59. The first-order chi connectivity index (χ1) is 8.24. The zero-order chi connectivity index (χ0) is 12.5. The smallest absolute Gasteiger partial charge is 0.223 e. The van der Waals surface area contributed by atoms with Crippen LogP contribution in [0.1, 0.15) is 12.8 Å².